The van der Waals surface area contributed by atoms with Crippen LogP contribution in [0.1, 0.15) is 22.6 Å². The molecule has 0 fully saturated rings. The quantitative estimate of drug-likeness (QED) is 0.216. The standard InChI is InChI=1S/C23H18O8/c24-14-6-4-11(9-17(14)27)8-13(12-5-7-15(25)18(28)10-12)20-22(29)21-16(26)2-1-3-19(21)31-23(20)30/h1-7,9-10,13,24-29H,8H2. The molecule has 8 nitrogen and oxygen atoms in total. The van der Waals surface area contributed by atoms with Crippen molar-refractivity contribution in [2.45, 2.75) is 12.3 Å². The molecule has 4 rings (SSSR count). The van der Waals surface area contributed by atoms with Crippen molar-refractivity contribution in [2.75, 3.05) is 0 Å². The van der Waals surface area contributed by atoms with Gasteiger partial charge < -0.3 is 35.1 Å². The first-order valence-electron chi connectivity index (χ1n) is 9.26. The molecule has 3 aromatic carbocycles. The molecule has 0 bridgehead atoms. The molecule has 4 aromatic rings. The summed E-state index contributed by atoms with van der Waals surface area (Å²) < 4.78 is 5.31. The lowest BCUT2D eigenvalue weighted by Crippen LogP contribution is -2.16. The molecule has 0 radical (unpaired) electrons. The summed E-state index contributed by atoms with van der Waals surface area (Å²) in [6.07, 6.45) is 0.0511. The Kier molecular flexibility index (Phi) is 4.82. The van der Waals surface area contributed by atoms with E-state index in [1.807, 2.05) is 0 Å². The van der Waals surface area contributed by atoms with Crippen LogP contribution in [0.25, 0.3) is 11.0 Å². The Labute approximate surface area is 175 Å². The molecular weight excluding hydrogens is 404 g/mol. The lowest BCUT2D eigenvalue weighted by atomic mass is 9.85. The van der Waals surface area contributed by atoms with Crippen molar-refractivity contribution in [3.8, 4) is 34.5 Å². The molecular formula is C23H18O8. The second-order valence-corrected chi connectivity index (χ2v) is 7.13. The lowest BCUT2D eigenvalue weighted by molar-refractivity contribution is 0.402. The smallest absolute Gasteiger partial charge is 0.343 e. The van der Waals surface area contributed by atoms with Gasteiger partial charge in [-0.3, -0.25) is 0 Å². The highest BCUT2D eigenvalue weighted by atomic mass is 16.4. The first-order valence-corrected chi connectivity index (χ1v) is 9.26. The number of phenols is 5. The van der Waals surface area contributed by atoms with Gasteiger partial charge in [0.15, 0.2) is 23.0 Å². The molecule has 31 heavy (non-hydrogen) atoms. The molecule has 158 valence electrons. The Morgan fingerprint density at radius 3 is 2.10 bits per heavy atom. The van der Waals surface area contributed by atoms with Crippen molar-refractivity contribution in [1.82, 2.24) is 0 Å². The van der Waals surface area contributed by atoms with Gasteiger partial charge in [0.2, 0.25) is 0 Å². The molecule has 0 aliphatic carbocycles. The highest BCUT2D eigenvalue weighted by Crippen LogP contribution is 2.41. The van der Waals surface area contributed by atoms with Crippen LogP contribution in [-0.2, 0) is 6.42 Å². The highest BCUT2D eigenvalue weighted by Gasteiger charge is 2.27. The van der Waals surface area contributed by atoms with Gasteiger partial charge in [-0.1, -0.05) is 18.2 Å². The van der Waals surface area contributed by atoms with E-state index in [0.717, 1.165) is 0 Å². The summed E-state index contributed by atoms with van der Waals surface area (Å²) in [4.78, 5) is 12.8. The minimum atomic E-state index is -0.893. The van der Waals surface area contributed by atoms with E-state index in [-0.39, 0.29) is 46.0 Å². The summed E-state index contributed by atoms with van der Waals surface area (Å²) in [5, 5.41) is 60.1. The van der Waals surface area contributed by atoms with Crippen LogP contribution in [-0.4, -0.2) is 30.6 Å². The normalized spacial score (nSPS) is 12.1. The largest absolute Gasteiger partial charge is 0.507 e. The van der Waals surface area contributed by atoms with Gasteiger partial charge in [-0.25, -0.2) is 4.79 Å². The Morgan fingerprint density at radius 1 is 0.742 bits per heavy atom. The minimum Gasteiger partial charge on any atom is -0.507 e. The van der Waals surface area contributed by atoms with Crippen LogP contribution in [0.4, 0.5) is 0 Å². The second kappa shape index (κ2) is 7.49. The number of fused-ring (bicyclic) bond motifs is 1. The molecule has 1 atom stereocenters. The second-order valence-electron chi connectivity index (χ2n) is 7.13. The van der Waals surface area contributed by atoms with E-state index in [9.17, 15) is 35.4 Å². The maximum atomic E-state index is 12.8. The van der Waals surface area contributed by atoms with Gasteiger partial charge in [0.05, 0.1) is 5.56 Å². The van der Waals surface area contributed by atoms with E-state index in [1.165, 1.54) is 54.6 Å². The van der Waals surface area contributed by atoms with E-state index in [0.29, 0.717) is 11.1 Å². The van der Waals surface area contributed by atoms with Crippen molar-refractivity contribution in [2.24, 2.45) is 0 Å². The van der Waals surface area contributed by atoms with E-state index in [4.69, 9.17) is 4.42 Å². The van der Waals surface area contributed by atoms with Crippen LogP contribution in [0.5, 0.6) is 34.5 Å². The van der Waals surface area contributed by atoms with Gasteiger partial charge >= 0.3 is 5.63 Å². The monoisotopic (exact) mass is 422 g/mol. The zero-order valence-electron chi connectivity index (χ0n) is 16.0. The molecule has 8 heteroatoms. The lowest BCUT2D eigenvalue weighted by Gasteiger charge is -2.20. The molecule has 0 amide bonds. The van der Waals surface area contributed by atoms with Crippen molar-refractivity contribution in [3.63, 3.8) is 0 Å². The number of hydrogen-bond acceptors (Lipinski definition) is 8. The molecule has 0 saturated carbocycles. The zero-order valence-corrected chi connectivity index (χ0v) is 16.0. The summed E-state index contributed by atoms with van der Waals surface area (Å²) in [6, 6.07) is 12.3. The maximum Gasteiger partial charge on any atom is 0.343 e. The fourth-order valence-corrected chi connectivity index (χ4v) is 3.61. The minimum absolute atomic E-state index is 0.000770. The van der Waals surface area contributed by atoms with Crippen LogP contribution >= 0.6 is 0 Å². The molecule has 1 unspecified atom stereocenters. The van der Waals surface area contributed by atoms with Gasteiger partial charge in [-0.2, -0.15) is 0 Å². The van der Waals surface area contributed by atoms with Crippen LogP contribution in [0, 0.1) is 0 Å². The average Bonchev–Trinajstić information content (AvgIpc) is 2.71. The first kappa shape index (κ1) is 20.0. The van der Waals surface area contributed by atoms with Gasteiger partial charge in [0.25, 0.3) is 0 Å². The summed E-state index contributed by atoms with van der Waals surface area (Å²) in [7, 11) is 0. The summed E-state index contributed by atoms with van der Waals surface area (Å²) in [5.41, 5.74) is -0.159. The van der Waals surface area contributed by atoms with Crippen LogP contribution in [0.3, 0.4) is 0 Å². The number of aromatic hydroxyl groups is 6. The third kappa shape index (κ3) is 3.55. The molecule has 0 aliphatic rings. The Bertz CT molecular complexity index is 1360. The fourth-order valence-electron chi connectivity index (χ4n) is 3.61. The maximum absolute atomic E-state index is 12.8. The summed E-state index contributed by atoms with van der Waals surface area (Å²) in [5.74, 6) is -3.13. The molecule has 6 N–H and O–H groups in total. The summed E-state index contributed by atoms with van der Waals surface area (Å²) in [6.45, 7) is 0. The van der Waals surface area contributed by atoms with Crippen LogP contribution in [0.15, 0.2) is 63.8 Å². The first-order chi connectivity index (χ1) is 14.8. The predicted molar refractivity (Wildman–Crippen MR) is 111 cm³/mol. The van der Waals surface area contributed by atoms with Gasteiger partial charge in [-0.05, 0) is 53.9 Å². The highest BCUT2D eigenvalue weighted by molar-refractivity contribution is 5.90. The van der Waals surface area contributed by atoms with E-state index >= 15 is 0 Å². The third-order valence-electron chi connectivity index (χ3n) is 5.15. The fraction of sp³-hybridized carbons (Fsp3) is 0.0870. The molecule has 0 saturated heterocycles. The van der Waals surface area contributed by atoms with E-state index in [2.05, 4.69) is 0 Å². The van der Waals surface area contributed by atoms with Crippen molar-refractivity contribution < 1.29 is 35.1 Å². The van der Waals surface area contributed by atoms with E-state index in [1.54, 1.807) is 0 Å². The Morgan fingerprint density at radius 2 is 1.42 bits per heavy atom. The Hall–Kier alpha value is -4.33. The molecule has 0 aliphatic heterocycles. The van der Waals surface area contributed by atoms with E-state index < -0.39 is 23.0 Å². The molecule has 1 heterocycles. The number of phenolic OH excluding ortho intramolecular Hbond substituents is 5. The van der Waals surface area contributed by atoms with Crippen molar-refractivity contribution in [3.05, 3.63) is 81.7 Å². The number of benzene rings is 3. The van der Waals surface area contributed by atoms with Crippen molar-refractivity contribution in [1.29, 1.82) is 0 Å². The van der Waals surface area contributed by atoms with Gasteiger partial charge in [-0.15, -0.1) is 0 Å². The topological polar surface area (TPSA) is 152 Å². The number of rotatable bonds is 4. The average molecular weight is 422 g/mol. The van der Waals surface area contributed by atoms with Crippen LogP contribution < -0.4 is 5.63 Å². The molecule has 1 aromatic heterocycles. The van der Waals surface area contributed by atoms with Crippen LogP contribution in [0.2, 0.25) is 0 Å². The predicted octanol–water partition coefficient (Wildman–Crippen LogP) is 3.40. The van der Waals surface area contributed by atoms with Gasteiger partial charge in [0.1, 0.15) is 22.5 Å². The van der Waals surface area contributed by atoms with Gasteiger partial charge in [0, 0.05) is 5.92 Å². The zero-order chi connectivity index (χ0) is 22.3. The number of hydrogen-bond donors (Lipinski definition) is 6. The molecule has 0 spiro atoms. The van der Waals surface area contributed by atoms with Crippen molar-refractivity contribution >= 4 is 11.0 Å². The summed E-state index contributed by atoms with van der Waals surface area (Å²) >= 11 is 0. The Balaban J connectivity index is 1.96. The third-order valence-corrected chi connectivity index (χ3v) is 5.15. The SMILES string of the molecule is O=c1oc2cccc(O)c2c(O)c1C(Cc1ccc(O)c(O)c1)c1ccc(O)c(O)c1.